The lowest BCUT2D eigenvalue weighted by atomic mass is 9.70. The second-order valence-electron chi connectivity index (χ2n) is 7.47. The number of hydrogen-bond acceptors (Lipinski definition) is 4. The molecule has 0 heterocycles. The summed E-state index contributed by atoms with van der Waals surface area (Å²) >= 11 is 0. The topological polar surface area (TPSA) is 75.6 Å². The number of esters is 1. The lowest BCUT2D eigenvalue weighted by Gasteiger charge is -2.38. The lowest BCUT2D eigenvalue weighted by Crippen LogP contribution is -2.47. The highest BCUT2D eigenvalue weighted by Gasteiger charge is 2.63. The minimum Gasteiger partial charge on any atom is -0.460 e. The Morgan fingerprint density at radius 2 is 1.95 bits per heavy atom. The molecular formula is C16H27NO4. The summed E-state index contributed by atoms with van der Waals surface area (Å²) in [6, 6.07) is -0.644. The van der Waals surface area contributed by atoms with Gasteiger partial charge in [0.25, 0.3) is 0 Å². The molecule has 21 heavy (non-hydrogen) atoms. The van der Waals surface area contributed by atoms with E-state index in [9.17, 15) is 14.7 Å². The first-order valence-corrected chi connectivity index (χ1v) is 7.75. The molecule has 2 N–H and O–H groups in total. The molecule has 5 atom stereocenters. The predicted octanol–water partition coefficient (Wildman–Crippen LogP) is 1.63. The van der Waals surface area contributed by atoms with Gasteiger partial charge in [0.1, 0.15) is 6.10 Å². The molecule has 0 spiro atoms. The fraction of sp³-hybridized carbons (Fsp3) is 0.875. The Morgan fingerprint density at radius 3 is 2.38 bits per heavy atom. The van der Waals surface area contributed by atoms with E-state index in [1.807, 2.05) is 0 Å². The summed E-state index contributed by atoms with van der Waals surface area (Å²) in [7, 11) is 0. The smallest absolute Gasteiger partial charge is 0.337 e. The Bertz CT molecular complexity index is 448. The number of carbonyl (C=O) groups is 2. The minimum atomic E-state index is -1.32. The third kappa shape index (κ3) is 2.56. The number of carbonyl (C=O) groups excluding carboxylic acids is 2. The van der Waals surface area contributed by atoms with Crippen molar-refractivity contribution in [1.29, 1.82) is 0 Å². The Kier molecular flexibility index (Phi) is 4.08. The number of rotatable bonds is 4. The Morgan fingerprint density at radius 1 is 1.33 bits per heavy atom. The van der Waals surface area contributed by atoms with Gasteiger partial charge in [0, 0.05) is 12.3 Å². The van der Waals surface area contributed by atoms with Crippen LogP contribution < -0.4 is 5.32 Å². The second-order valence-corrected chi connectivity index (χ2v) is 7.47. The molecule has 0 aromatic carbocycles. The van der Waals surface area contributed by atoms with Crippen LogP contribution in [-0.4, -0.2) is 35.2 Å². The molecule has 5 nitrogen and oxygen atoms in total. The molecule has 0 aliphatic heterocycles. The van der Waals surface area contributed by atoms with E-state index in [0.717, 1.165) is 12.8 Å². The first kappa shape index (κ1) is 16.3. The third-order valence-electron chi connectivity index (χ3n) is 6.12. The van der Waals surface area contributed by atoms with Crippen molar-refractivity contribution in [3.8, 4) is 0 Å². The van der Waals surface area contributed by atoms with E-state index in [0.29, 0.717) is 5.92 Å². The largest absolute Gasteiger partial charge is 0.460 e. The van der Waals surface area contributed by atoms with Gasteiger partial charge in [-0.3, -0.25) is 4.79 Å². The van der Waals surface area contributed by atoms with Gasteiger partial charge < -0.3 is 15.2 Å². The van der Waals surface area contributed by atoms with E-state index in [2.05, 4.69) is 26.1 Å². The number of aliphatic hydroxyl groups is 1. The molecule has 2 saturated carbocycles. The van der Waals surface area contributed by atoms with Gasteiger partial charge in [-0.25, -0.2) is 4.79 Å². The molecule has 5 heteroatoms. The molecule has 1 amide bonds. The van der Waals surface area contributed by atoms with E-state index in [4.69, 9.17) is 4.74 Å². The number of fused-ring (bicyclic) bond motifs is 2. The summed E-state index contributed by atoms with van der Waals surface area (Å²) < 4.78 is 5.61. The molecular weight excluding hydrogens is 270 g/mol. The van der Waals surface area contributed by atoms with Crippen LogP contribution >= 0.6 is 0 Å². The van der Waals surface area contributed by atoms with Gasteiger partial charge in [-0.2, -0.15) is 0 Å². The van der Waals surface area contributed by atoms with Crippen LogP contribution in [0, 0.1) is 16.7 Å². The standard InChI is InChI=1S/C16H27NO4/c1-9(17-10(2)18)13(19)14(20)21-12-8-11-6-7-16(12,5)15(11,3)4/h9,11-13,19H,6-8H2,1-5H3,(H,17,18)/t9-,11?,12?,13+,16?/m0/s1. The predicted molar refractivity (Wildman–Crippen MR) is 78.4 cm³/mol. The van der Waals surface area contributed by atoms with E-state index >= 15 is 0 Å². The first-order valence-electron chi connectivity index (χ1n) is 7.75. The van der Waals surface area contributed by atoms with E-state index in [1.165, 1.54) is 13.3 Å². The van der Waals surface area contributed by atoms with Gasteiger partial charge in [-0.05, 0) is 37.5 Å². The number of ether oxygens (including phenoxy) is 1. The zero-order chi connectivity index (χ0) is 16.0. The highest BCUT2D eigenvalue weighted by atomic mass is 16.6. The molecule has 0 radical (unpaired) electrons. The molecule has 0 saturated heterocycles. The van der Waals surface area contributed by atoms with E-state index < -0.39 is 18.1 Å². The van der Waals surface area contributed by atoms with Gasteiger partial charge >= 0.3 is 5.97 Å². The highest BCUT2D eigenvalue weighted by molar-refractivity contribution is 5.78. The van der Waals surface area contributed by atoms with Crippen molar-refractivity contribution in [1.82, 2.24) is 5.32 Å². The fourth-order valence-corrected chi connectivity index (χ4v) is 4.12. The van der Waals surface area contributed by atoms with Crippen molar-refractivity contribution in [3.05, 3.63) is 0 Å². The van der Waals surface area contributed by atoms with Crippen LogP contribution in [-0.2, 0) is 14.3 Å². The molecule has 0 aromatic rings. The molecule has 2 aliphatic rings. The van der Waals surface area contributed by atoms with Crippen LogP contribution in [0.5, 0.6) is 0 Å². The minimum absolute atomic E-state index is 0.0235. The molecule has 3 unspecified atom stereocenters. The summed E-state index contributed by atoms with van der Waals surface area (Å²) in [6.45, 7) is 9.62. The average Bonchev–Trinajstić information content (AvgIpc) is 2.70. The van der Waals surface area contributed by atoms with E-state index in [1.54, 1.807) is 6.92 Å². The van der Waals surface area contributed by atoms with E-state index in [-0.39, 0.29) is 22.8 Å². The summed E-state index contributed by atoms with van der Waals surface area (Å²) in [5.41, 5.74) is 0.135. The molecule has 2 aliphatic carbocycles. The number of aliphatic hydroxyl groups excluding tert-OH is 1. The second kappa shape index (κ2) is 5.27. The Balaban J connectivity index is 2.00. The molecule has 0 aromatic heterocycles. The average molecular weight is 297 g/mol. The molecule has 120 valence electrons. The maximum Gasteiger partial charge on any atom is 0.337 e. The summed E-state index contributed by atoms with van der Waals surface area (Å²) in [4.78, 5) is 23.1. The van der Waals surface area contributed by atoms with Gasteiger partial charge in [0.15, 0.2) is 6.10 Å². The number of nitrogens with one attached hydrogen (secondary N) is 1. The molecule has 2 bridgehead atoms. The number of hydrogen-bond donors (Lipinski definition) is 2. The van der Waals surface area contributed by atoms with Crippen LogP contribution in [0.1, 0.15) is 53.9 Å². The zero-order valence-electron chi connectivity index (χ0n) is 13.6. The van der Waals surface area contributed by atoms with Crippen molar-refractivity contribution in [2.75, 3.05) is 0 Å². The van der Waals surface area contributed by atoms with Crippen LogP contribution in [0.3, 0.4) is 0 Å². The van der Waals surface area contributed by atoms with Gasteiger partial charge in [-0.15, -0.1) is 0 Å². The molecule has 2 fully saturated rings. The van der Waals surface area contributed by atoms with Crippen LogP contribution in [0.4, 0.5) is 0 Å². The van der Waals surface area contributed by atoms with Crippen molar-refractivity contribution in [2.45, 2.75) is 72.1 Å². The van der Waals surface area contributed by atoms with Crippen molar-refractivity contribution >= 4 is 11.9 Å². The fourth-order valence-electron chi connectivity index (χ4n) is 4.12. The summed E-state index contributed by atoms with van der Waals surface area (Å²) in [5, 5.41) is 12.5. The highest BCUT2D eigenvalue weighted by Crippen LogP contribution is 2.66. The van der Waals surface area contributed by atoms with Crippen LogP contribution in [0.25, 0.3) is 0 Å². The maximum atomic E-state index is 12.1. The quantitative estimate of drug-likeness (QED) is 0.773. The Labute approximate surface area is 126 Å². The monoisotopic (exact) mass is 297 g/mol. The summed E-state index contributed by atoms with van der Waals surface area (Å²) in [6.07, 6.45) is 1.65. The van der Waals surface area contributed by atoms with Gasteiger partial charge in [-0.1, -0.05) is 20.8 Å². The van der Waals surface area contributed by atoms with Crippen molar-refractivity contribution < 1.29 is 19.4 Å². The molecule has 2 rings (SSSR count). The van der Waals surface area contributed by atoms with Crippen molar-refractivity contribution in [2.24, 2.45) is 16.7 Å². The van der Waals surface area contributed by atoms with Crippen LogP contribution in [0.2, 0.25) is 0 Å². The zero-order valence-corrected chi connectivity index (χ0v) is 13.6. The van der Waals surface area contributed by atoms with Crippen LogP contribution in [0.15, 0.2) is 0 Å². The third-order valence-corrected chi connectivity index (χ3v) is 6.12. The first-order chi connectivity index (χ1) is 9.59. The van der Waals surface area contributed by atoms with Gasteiger partial charge in [0.05, 0.1) is 6.04 Å². The maximum absolute atomic E-state index is 12.1. The van der Waals surface area contributed by atoms with Crippen molar-refractivity contribution in [3.63, 3.8) is 0 Å². The summed E-state index contributed by atoms with van der Waals surface area (Å²) in [5.74, 6) is -0.335. The normalized spacial score (nSPS) is 36.1. The SMILES string of the molecule is CC(=O)N[C@@H](C)[C@@H](O)C(=O)OC1CC2CCC1(C)C2(C)C. The Hall–Kier alpha value is -1.10. The lowest BCUT2D eigenvalue weighted by molar-refractivity contribution is -0.168. The number of amides is 1. The van der Waals surface area contributed by atoms with Gasteiger partial charge in [0.2, 0.25) is 5.91 Å².